The monoisotopic (exact) mass is 309 g/mol. The molecule has 0 aromatic carbocycles. The van der Waals surface area contributed by atoms with Crippen LogP contribution in [-0.2, 0) is 4.74 Å². The molecule has 0 atom stereocenters. The van der Waals surface area contributed by atoms with Gasteiger partial charge in [0.2, 0.25) is 0 Å². The third-order valence-electron chi connectivity index (χ3n) is 3.47. The molecule has 1 aromatic heterocycles. The number of aryl methyl sites for hydroxylation is 1. The number of rotatable bonds is 2. The Morgan fingerprint density at radius 1 is 1.45 bits per heavy atom. The fourth-order valence-corrected chi connectivity index (χ4v) is 3.55. The van der Waals surface area contributed by atoms with Gasteiger partial charge in [-0.1, -0.05) is 29.5 Å². The van der Waals surface area contributed by atoms with E-state index in [4.69, 9.17) is 21.3 Å². The van der Waals surface area contributed by atoms with Gasteiger partial charge in [0.1, 0.15) is 5.84 Å². The molecule has 1 fully saturated rings. The zero-order valence-electron chi connectivity index (χ0n) is 11.3. The highest BCUT2D eigenvalue weighted by Gasteiger charge is 2.23. The van der Waals surface area contributed by atoms with E-state index in [1.54, 1.807) is 0 Å². The van der Waals surface area contributed by atoms with Crippen LogP contribution in [0.3, 0.4) is 0 Å². The average Bonchev–Trinajstić information content (AvgIpc) is 2.78. The quantitative estimate of drug-likeness (QED) is 0.912. The van der Waals surface area contributed by atoms with Crippen molar-refractivity contribution in [1.82, 2.24) is 10.3 Å². The minimum absolute atomic E-state index is 0.446. The summed E-state index contributed by atoms with van der Waals surface area (Å²) >= 11 is 7.42. The van der Waals surface area contributed by atoms with E-state index in [9.17, 15) is 0 Å². The number of thiazole rings is 1. The summed E-state index contributed by atoms with van der Waals surface area (Å²) in [6.45, 7) is 7.57. The third-order valence-corrected chi connectivity index (χ3v) is 4.74. The van der Waals surface area contributed by atoms with Crippen LogP contribution in [0.2, 0.25) is 4.47 Å². The van der Waals surface area contributed by atoms with Crippen molar-refractivity contribution in [3.8, 4) is 0 Å². The molecular weight excluding hydrogens is 294 g/mol. The molecule has 0 aliphatic carbocycles. The SMILES string of the molecule is C=C1C=C(C2CCOCC2)N=C(c2sc(Cl)nc2C)N1. The van der Waals surface area contributed by atoms with Crippen LogP contribution in [0.5, 0.6) is 0 Å². The molecule has 1 saturated heterocycles. The molecule has 3 heterocycles. The van der Waals surface area contributed by atoms with Crippen LogP contribution >= 0.6 is 22.9 Å². The molecule has 20 heavy (non-hydrogen) atoms. The second-order valence-corrected chi connectivity index (χ2v) is 6.53. The predicted octanol–water partition coefficient (Wildman–Crippen LogP) is 3.28. The maximum Gasteiger partial charge on any atom is 0.184 e. The van der Waals surface area contributed by atoms with Gasteiger partial charge in [0.15, 0.2) is 4.47 Å². The van der Waals surface area contributed by atoms with E-state index in [-0.39, 0.29) is 0 Å². The first kappa shape index (κ1) is 13.8. The van der Waals surface area contributed by atoms with E-state index in [0.29, 0.717) is 10.4 Å². The summed E-state index contributed by atoms with van der Waals surface area (Å²) in [5.41, 5.74) is 2.84. The topological polar surface area (TPSA) is 46.5 Å². The van der Waals surface area contributed by atoms with Crippen LogP contribution in [0.4, 0.5) is 0 Å². The largest absolute Gasteiger partial charge is 0.381 e. The van der Waals surface area contributed by atoms with Crippen molar-refractivity contribution in [2.75, 3.05) is 13.2 Å². The maximum atomic E-state index is 5.98. The molecule has 0 amide bonds. The van der Waals surface area contributed by atoms with Gasteiger partial charge in [-0.25, -0.2) is 9.98 Å². The zero-order valence-corrected chi connectivity index (χ0v) is 12.9. The number of nitrogens with one attached hydrogen (secondary N) is 1. The minimum Gasteiger partial charge on any atom is -0.381 e. The van der Waals surface area contributed by atoms with Crippen molar-refractivity contribution in [3.63, 3.8) is 0 Å². The van der Waals surface area contributed by atoms with E-state index in [0.717, 1.165) is 53.9 Å². The van der Waals surface area contributed by atoms with Crippen molar-refractivity contribution in [2.45, 2.75) is 19.8 Å². The van der Waals surface area contributed by atoms with Gasteiger partial charge in [-0.2, -0.15) is 0 Å². The fourth-order valence-electron chi connectivity index (χ4n) is 2.45. The van der Waals surface area contributed by atoms with E-state index in [2.05, 4.69) is 16.9 Å². The minimum atomic E-state index is 0.446. The molecule has 2 aliphatic heterocycles. The number of aliphatic imine (C=N–C) groups is 1. The van der Waals surface area contributed by atoms with Crippen molar-refractivity contribution < 1.29 is 4.74 Å². The van der Waals surface area contributed by atoms with Crippen LogP contribution in [-0.4, -0.2) is 24.0 Å². The van der Waals surface area contributed by atoms with Crippen LogP contribution < -0.4 is 5.32 Å². The maximum absolute atomic E-state index is 5.98. The summed E-state index contributed by atoms with van der Waals surface area (Å²) in [5, 5.41) is 3.22. The summed E-state index contributed by atoms with van der Waals surface area (Å²) in [4.78, 5) is 9.99. The molecule has 4 nitrogen and oxygen atoms in total. The number of nitrogens with zero attached hydrogens (tertiary/aromatic N) is 2. The molecule has 1 N–H and O–H groups in total. The van der Waals surface area contributed by atoms with Gasteiger partial charge in [-0.15, -0.1) is 0 Å². The van der Waals surface area contributed by atoms with Gasteiger partial charge >= 0.3 is 0 Å². The zero-order chi connectivity index (χ0) is 14.1. The summed E-state index contributed by atoms with van der Waals surface area (Å²) in [6.07, 6.45) is 4.05. The van der Waals surface area contributed by atoms with Crippen molar-refractivity contribution in [3.05, 3.63) is 39.1 Å². The lowest BCUT2D eigenvalue weighted by Gasteiger charge is -2.25. The second kappa shape index (κ2) is 5.68. The molecule has 0 saturated carbocycles. The first-order valence-corrected chi connectivity index (χ1v) is 7.80. The number of hydrogen-bond donors (Lipinski definition) is 1. The predicted molar refractivity (Wildman–Crippen MR) is 82.3 cm³/mol. The van der Waals surface area contributed by atoms with E-state index >= 15 is 0 Å². The van der Waals surface area contributed by atoms with Crippen LogP contribution in [0.1, 0.15) is 23.4 Å². The molecule has 2 aliphatic rings. The lowest BCUT2D eigenvalue weighted by atomic mass is 9.95. The third kappa shape index (κ3) is 2.80. The number of aromatic nitrogens is 1. The fraction of sp³-hybridized carbons (Fsp3) is 0.429. The van der Waals surface area contributed by atoms with Crippen molar-refractivity contribution in [2.24, 2.45) is 10.9 Å². The first-order valence-electron chi connectivity index (χ1n) is 6.61. The number of ether oxygens (including phenoxy) is 1. The Kier molecular flexibility index (Phi) is 3.92. The molecule has 3 rings (SSSR count). The second-order valence-electron chi connectivity index (χ2n) is 4.95. The number of amidine groups is 1. The van der Waals surface area contributed by atoms with Gasteiger partial charge in [0.05, 0.1) is 10.6 Å². The van der Waals surface area contributed by atoms with Gasteiger partial charge in [0.25, 0.3) is 0 Å². The molecule has 106 valence electrons. The number of halogens is 1. The number of allylic oxidation sites excluding steroid dienone is 2. The molecular formula is C14H16ClN3OS. The lowest BCUT2D eigenvalue weighted by molar-refractivity contribution is 0.0754. The number of hydrogen-bond acceptors (Lipinski definition) is 5. The Labute approximate surface area is 127 Å². The summed E-state index contributed by atoms with van der Waals surface area (Å²) in [7, 11) is 0. The Hall–Kier alpha value is -1.17. The van der Waals surface area contributed by atoms with Crippen molar-refractivity contribution >= 4 is 28.8 Å². The first-order chi connectivity index (χ1) is 9.63. The Morgan fingerprint density at radius 3 is 2.85 bits per heavy atom. The summed E-state index contributed by atoms with van der Waals surface area (Å²) in [5.74, 6) is 1.25. The Morgan fingerprint density at radius 2 is 2.20 bits per heavy atom. The summed E-state index contributed by atoms with van der Waals surface area (Å²) < 4.78 is 5.95. The smallest absolute Gasteiger partial charge is 0.184 e. The normalized spacial score (nSPS) is 20.4. The molecule has 0 unspecified atom stereocenters. The van der Waals surface area contributed by atoms with Gasteiger partial charge in [0, 0.05) is 30.5 Å². The highest BCUT2D eigenvalue weighted by molar-refractivity contribution is 7.17. The standard InChI is InChI=1S/C14H16ClN3OS/c1-8-7-11(10-3-5-19-6-4-10)18-13(16-8)12-9(2)17-14(15)20-12/h7,10H,1,3-6H2,2H3,(H,16,18). The van der Waals surface area contributed by atoms with Crippen LogP contribution in [0.25, 0.3) is 0 Å². The van der Waals surface area contributed by atoms with Crippen molar-refractivity contribution in [1.29, 1.82) is 0 Å². The van der Waals surface area contributed by atoms with Crippen LogP contribution in [0, 0.1) is 12.8 Å². The Balaban J connectivity index is 1.91. The highest BCUT2D eigenvalue weighted by atomic mass is 35.5. The molecule has 6 heteroatoms. The molecule has 1 aromatic rings. The summed E-state index contributed by atoms with van der Waals surface area (Å²) in [6, 6.07) is 0. The van der Waals surface area contributed by atoms with Gasteiger partial charge in [-0.05, 0) is 25.8 Å². The van der Waals surface area contributed by atoms with E-state index < -0.39 is 0 Å². The van der Waals surface area contributed by atoms with E-state index in [1.165, 1.54) is 11.3 Å². The average molecular weight is 310 g/mol. The Bertz CT molecular complexity index is 600. The highest BCUT2D eigenvalue weighted by Crippen LogP contribution is 2.29. The molecule has 0 radical (unpaired) electrons. The van der Waals surface area contributed by atoms with Crippen LogP contribution in [0.15, 0.2) is 29.0 Å². The van der Waals surface area contributed by atoms with Gasteiger partial charge in [-0.3, -0.25) is 0 Å². The lowest BCUT2D eigenvalue weighted by Crippen LogP contribution is -2.28. The molecule has 0 spiro atoms. The van der Waals surface area contributed by atoms with E-state index in [1.807, 2.05) is 13.0 Å². The van der Waals surface area contributed by atoms with Gasteiger partial charge < -0.3 is 10.1 Å². The molecule has 0 bridgehead atoms.